The van der Waals surface area contributed by atoms with E-state index < -0.39 is 0 Å². The van der Waals surface area contributed by atoms with Crippen LogP contribution in [0.3, 0.4) is 0 Å². The van der Waals surface area contributed by atoms with E-state index in [1.807, 2.05) is 19.9 Å². The standard InChI is InChI=1S/C15H18N6O2/c1-4-21(11-6-5-7-16-8-11)15(22)12-9-17-14(20(12)3)13-18-10(2)23-19-13/h5-10H,4H2,1-3H3,(H,18,19). The second-order valence-electron chi connectivity index (χ2n) is 5.12. The van der Waals surface area contributed by atoms with Gasteiger partial charge in [-0.25, -0.2) is 4.98 Å². The Morgan fingerprint density at radius 1 is 1.48 bits per heavy atom. The van der Waals surface area contributed by atoms with Gasteiger partial charge in [0, 0.05) is 19.8 Å². The molecule has 1 atom stereocenters. The van der Waals surface area contributed by atoms with Crippen LogP contribution in [0.1, 0.15) is 30.2 Å². The van der Waals surface area contributed by atoms with Crippen LogP contribution in [0.15, 0.2) is 35.9 Å². The summed E-state index contributed by atoms with van der Waals surface area (Å²) in [5.74, 6) is 0.928. The number of anilines is 1. The van der Waals surface area contributed by atoms with Gasteiger partial charge in [-0.2, -0.15) is 0 Å². The fourth-order valence-corrected chi connectivity index (χ4v) is 2.41. The van der Waals surface area contributed by atoms with Crippen molar-refractivity contribution in [1.29, 1.82) is 0 Å². The van der Waals surface area contributed by atoms with Gasteiger partial charge in [0.1, 0.15) is 5.69 Å². The fraction of sp³-hybridized carbons (Fsp3) is 0.333. The molecule has 1 N–H and O–H groups in total. The lowest BCUT2D eigenvalue weighted by atomic mass is 10.3. The number of carbonyl (C=O) groups excluding carboxylic acids is 1. The van der Waals surface area contributed by atoms with Crippen LogP contribution < -0.4 is 10.2 Å². The molecule has 0 spiro atoms. The highest BCUT2D eigenvalue weighted by Gasteiger charge is 2.25. The van der Waals surface area contributed by atoms with Gasteiger partial charge in [-0.3, -0.25) is 9.78 Å². The van der Waals surface area contributed by atoms with Gasteiger partial charge in [0.15, 0.2) is 12.1 Å². The van der Waals surface area contributed by atoms with Crippen molar-refractivity contribution in [3.63, 3.8) is 0 Å². The van der Waals surface area contributed by atoms with Crippen LogP contribution in [-0.2, 0) is 11.9 Å². The number of nitrogens with one attached hydrogen (secondary N) is 1. The molecule has 1 aliphatic rings. The first kappa shape index (κ1) is 15.0. The Bertz CT molecular complexity index is 740. The van der Waals surface area contributed by atoms with Crippen molar-refractivity contribution < 1.29 is 9.63 Å². The predicted molar refractivity (Wildman–Crippen MR) is 85.0 cm³/mol. The number of imidazole rings is 1. The number of amides is 1. The van der Waals surface area contributed by atoms with Gasteiger partial charge in [-0.05, 0) is 26.0 Å². The summed E-state index contributed by atoms with van der Waals surface area (Å²) < 4.78 is 1.70. The number of pyridine rings is 1. The number of hydrogen-bond donors (Lipinski definition) is 1. The summed E-state index contributed by atoms with van der Waals surface area (Å²) in [6.07, 6.45) is 4.68. The zero-order chi connectivity index (χ0) is 16.4. The Balaban J connectivity index is 1.90. The second kappa shape index (κ2) is 6.07. The van der Waals surface area contributed by atoms with E-state index in [2.05, 4.69) is 20.4 Å². The molecule has 120 valence electrons. The van der Waals surface area contributed by atoms with Crippen molar-refractivity contribution in [2.24, 2.45) is 12.2 Å². The monoisotopic (exact) mass is 314 g/mol. The Morgan fingerprint density at radius 3 is 2.91 bits per heavy atom. The lowest BCUT2D eigenvalue weighted by Crippen LogP contribution is -2.33. The summed E-state index contributed by atoms with van der Waals surface area (Å²) in [5, 5.41) is 6.98. The lowest BCUT2D eigenvalue weighted by molar-refractivity contribution is 0.0874. The number of nitrogens with zero attached hydrogens (tertiary/aromatic N) is 5. The third-order valence-electron chi connectivity index (χ3n) is 3.58. The van der Waals surface area contributed by atoms with E-state index in [4.69, 9.17) is 4.84 Å². The molecule has 3 heterocycles. The van der Waals surface area contributed by atoms with Gasteiger partial charge in [-0.15, -0.1) is 0 Å². The molecule has 23 heavy (non-hydrogen) atoms. The Hall–Kier alpha value is -2.90. The SMILES string of the molecule is CCN(C(=O)c1cnc(C2=NOC(C)N2)n1C)c1cccnc1. The highest BCUT2D eigenvalue weighted by atomic mass is 16.7. The van der Waals surface area contributed by atoms with Crippen molar-refractivity contribution in [2.75, 3.05) is 11.4 Å². The van der Waals surface area contributed by atoms with E-state index in [-0.39, 0.29) is 12.1 Å². The summed E-state index contributed by atoms with van der Waals surface area (Å²) in [6, 6.07) is 3.65. The van der Waals surface area contributed by atoms with Gasteiger partial charge in [-0.1, -0.05) is 5.16 Å². The summed E-state index contributed by atoms with van der Waals surface area (Å²) in [5.41, 5.74) is 1.21. The van der Waals surface area contributed by atoms with Crippen molar-refractivity contribution in [3.05, 3.63) is 42.2 Å². The van der Waals surface area contributed by atoms with E-state index in [0.29, 0.717) is 23.9 Å². The summed E-state index contributed by atoms with van der Waals surface area (Å²) in [4.78, 5) is 27.9. The van der Waals surface area contributed by atoms with Gasteiger partial charge < -0.3 is 19.6 Å². The molecule has 2 aromatic rings. The molecule has 0 aromatic carbocycles. The molecule has 0 bridgehead atoms. The zero-order valence-corrected chi connectivity index (χ0v) is 13.2. The number of carbonyl (C=O) groups is 1. The van der Waals surface area contributed by atoms with Gasteiger partial charge in [0.25, 0.3) is 5.91 Å². The van der Waals surface area contributed by atoms with Crippen molar-refractivity contribution in [2.45, 2.75) is 20.1 Å². The molecule has 0 aliphatic carbocycles. The quantitative estimate of drug-likeness (QED) is 0.914. The number of hydrogen-bond acceptors (Lipinski definition) is 6. The van der Waals surface area contributed by atoms with Crippen LogP contribution in [-0.4, -0.2) is 39.1 Å². The van der Waals surface area contributed by atoms with Gasteiger partial charge in [0.05, 0.1) is 18.1 Å². The van der Waals surface area contributed by atoms with Crippen molar-refractivity contribution >= 4 is 17.4 Å². The van der Waals surface area contributed by atoms with Crippen LogP contribution in [0.5, 0.6) is 0 Å². The normalized spacial score (nSPS) is 16.5. The Morgan fingerprint density at radius 2 is 2.30 bits per heavy atom. The molecule has 0 saturated heterocycles. The van der Waals surface area contributed by atoms with E-state index in [0.717, 1.165) is 5.69 Å². The van der Waals surface area contributed by atoms with Crippen LogP contribution in [0.4, 0.5) is 5.69 Å². The number of rotatable bonds is 4. The molecule has 1 unspecified atom stereocenters. The number of amidine groups is 1. The minimum Gasteiger partial charge on any atom is -0.369 e. The summed E-state index contributed by atoms with van der Waals surface area (Å²) in [7, 11) is 1.78. The molecule has 0 saturated carbocycles. The first-order chi connectivity index (χ1) is 11.1. The lowest BCUT2D eigenvalue weighted by Gasteiger charge is -2.20. The highest BCUT2D eigenvalue weighted by Crippen LogP contribution is 2.16. The smallest absolute Gasteiger partial charge is 0.276 e. The van der Waals surface area contributed by atoms with Gasteiger partial charge >= 0.3 is 0 Å². The third kappa shape index (κ3) is 2.75. The van der Waals surface area contributed by atoms with Crippen molar-refractivity contribution in [1.82, 2.24) is 19.9 Å². The van der Waals surface area contributed by atoms with E-state index in [9.17, 15) is 4.79 Å². The van der Waals surface area contributed by atoms with Crippen LogP contribution in [0, 0.1) is 0 Å². The zero-order valence-electron chi connectivity index (χ0n) is 13.2. The first-order valence-corrected chi connectivity index (χ1v) is 7.36. The molecule has 0 fully saturated rings. The molecule has 1 aliphatic heterocycles. The molecule has 0 radical (unpaired) electrons. The molecule has 2 aromatic heterocycles. The number of oxime groups is 1. The maximum atomic E-state index is 12.8. The van der Waals surface area contributed by atoms with Gasteiger partial charge in [0.2, 0.25) is 5.84 Å². The fourth-order valence-electron chi connectivity index (χ4n) is 2.41. The largest absolute Gasteiger partial charge is 0.369 e. The topological polar surface area (TPSA) is 84.6 Å². The average Bonchev–Trinajstić information content (AvgIpc) is 3.14. The van der Waals surface area contributed by atoms with E-state index in [1.165, 1.54) is 0 Å². The average molecular weight is 314 g/mol. The van der Waals surface area contributed by atoms with E-state index >= 15 is 0 Å². The Kier molecular flexibility index (Phi) is 3.96. The third-order valence-corrected chi connectivity index (χ3v) is 3.58. The molecule has 1 amide bonds. The maximum Gasteiger partial charge on any atom is 0.276 e. The summed E-state index contributed by atoms with van der Waals surface area (Å²) >= 11 is 0. The molecule has 8 nitrogen and oxygen atoms in total. The molecular formula is C15H18N6O2. The minimum atomic E-state index is -0.205. The van der Waals surface area contributed by atoms with E-state index in [1.54, 1.807) is 41.2 Å². The number of aromatic nitrogens is 3. The molecule has 8 heteroatoms. The molecular weight excluding hydrogens is 296 g/mol. The predicted octanol–water partition coefficient (Wildman–Crippen LogP) is 1.11. The Labute approximate surface area is 133 Å². The molecule has 3 rings (SSSR count). The second-order valence-corrected chi connectivity index (χ2v) is 5.12. The van der Waals surface area contributed by atoms with Crippen LogP contribution in [0.25, 0.3) is 0 Å². The van der Waals surface area contributed by atoms with Crippen LogP contribution in [0.2, 0.25) is 0 Å². The summed E-state index contributed by atoms with van der Waals surface area (Å²) in [6.45, 7) is 4.29. The van der Waals surface area contributed by atoms with Crippen LogP contribution >= 0.6 is 0 Å². The first-order valence-electron chi connectivity index (χ1n) is 7.36. The highest BCUT2D eigenvalue weighted by molar-refractivity contribution is 6.06. The minimum absolute atomic E-state index is 0.144. The maximum absolute atomic E-state index is 12.8. The van der Waals surface area contributed by atoms with Crippen molar-refractivity contribution in [3.8, 4) is 0 Å².